The molecule has 0 atom stereocenters. The lowest BCUT2D eigenvalue weighted by atomic mass is 9.91. The zero-order valence-corrected chi connectivity index (χ0v) is 53.7. The fraction of sp³-hybridized carbons (Fsp3) is 0.313. The van der Waals surface area contributed by atoms with Gasteiger partial charge in [-0.25, -0.2) is 19.9 Å². The van der Waals surface area contributed by atoms with Crippen LogP contribution in [0.5, 0.6) is 17.2 Å². The third-order valence-corrected chi connectivity index (χ3v) is 13.8. The Morgan fingerprint density at radius 1 is 0.575 bits per heavy atom. The number of aryl methyl sites for hydroxylation is 2. The molecule has 0 fully saturated rings. The van der Waals surface area contributed by atoms with Gasteiger partial charge in [0.05, 0.1) is 75.0 Å². The third kappa shape index (κ3) is 19.0. The number of nitrogen functional groups attached to an aromatic ring is 1. The summed E-state index contributed by atoms with van der Waals surface area (Å²) < 4.78 is 19.7. The van der Waals surface area contributed by atoms with Crippen molar-refractivity contribution >= 4 is 56.9 Å². The molecule has 0 bridgehead atoms. The quantitative estimate of drug-likeness (QED) is 0.0765. The summed E-state index contributed by atoms with van der Waals surface area (Å²) in [7, 11) is 4.87. The Kier molecular flexibility index (Phi) is 22.5. The van der Waals surface area contributed by atoms with Gasteiger partial charge in [0, 0.05) is 80.5 Å². The van der Waals surface area contributed by atoms with Crippen LogP contribution in [0.15, 0.2) is 152 Å². The Labute approximate surface area is 520 Å². The predicted molar refractivity (Wildman–Crippen MR) is 350 cm³/mol. The summed E-state index contributed by atoms with van der Waals surface area (Å²) in [6.07, 6.45) is 7.45. The van der Waals surface area contributed by atoms with Crippen molar-refractivity contribution in [3.05, 3.63) is 208 Å². The fourth-order valence-corrected chi connectivity index (χ4v) is 8.89. The van der Waals surface area contributed by atoms with Crippen LogP contribution in [0.1, 0.15) is 113 Å². The number of rotatable bonds is 12. The predicted octanol–water partition coefficient (Wildman–Crippen LogP) is 14.5. The highest BCUT2D eigenvalue weighted by Crippen LogP contribution is 2.33. The van der Waals surface area contributed by atoms with Crippen molar-refractivity contribution in [3.8, 4) is 28.5 Å². The fourth-order valence-electron chi connectivity index (χ4n) is 8.51. The molecule has 0 aliphatic heterocycles. The Morgan fingerprint density at radius 2 is 1.11 bits per heavy atom. The zero-order valence-electron chi connectivity index (χ0n) is 52.2. The van der Waals surface area contributed by atoms with Crippen LogP contribution in [0.3, 0.4) is 0 Å². The number of anilines is 2. The average Bonchev–Trinajstić information content (AvgIpc) is 2.22. The standard InChI is InChI=1S/C22H24N6O.C17H16ClN3O2.C14H19N3.C10H14ClN.C4H6N2/c1-22(2,3)18-10-5-7-15(25-18)13-28-12-14(11-24-28)19-16-8-6-9-17(29-4)20(16)27-21(23)26-19;1-22-12-8-6-11(7-9-12)10-19-17-20-15-13(16(18)21-17)4-3-5-14(15)23-2;1-11-8-9-17(16-11)10-12-6-5-7-13(15-12)14(2,3)4;1-10(2,3)9-6-4-5-8(7-11)12-9;1-4-2-3-5-6-4/h5-12H,13H2,1-4H3,(H2,23,26,27);3-9H,10H2,1-2H3,(H,19,20,21);5-9H,10H2,1-4H3;4-6H,7H2,1-3H3;2-3H,1H3,(H,5,6). The third-order valence-electron chi connectivity index (χ3n) is 13.2. The van der Waals surface area contributed by atoms with Crippen LogP contribution in [0.4, 0.5) is 11.9 Å². The molecule has 3 aromatic carbocycles. The summed E-state index contributed by atoms with van der Waals surface area (Å²) in [5.74, 6) is 3.30. The Morgan fingerprint density at radius 3 is 1.61 bits per heavy atom. The molecule has 0 saturated heterocycles. The summed E-state index contributed by atoms with van der Waals surface area (Å²) in [4.78, 5) is 31.5. The van der Waals surface area contributed by atoms with Gasteiger partial charge in [-0.05, 0) is 98.3 Å². The Hall–Kier alpha value is -9.00. The molecule has 0 radical (unpaired) electrons. The largest absolute Gasteiger partial charge is 0.497 e. The molecular weight excluding hydrogens is 1130 g/mol. The maximum Gasteiger partial charge on any atom is 0.225 e. The van der Waals surface area contributed by atoms with Crippen molar-refractivity contribution in [3.63, 3.8) is 0 Å². The van der Waals surface area contributed by atoms with Crippen molar-refractivity contribution in [2.75, 3.05) is 32.4 Å². The number of hydrogen-bond donors (Lipinski definition) is 3. The van der Waals surface area contributed by atoms with E-state index in [4.69, 9.17) is 48.1 Å². The molecule has 454 valence electrons. The van der Waals surface area contributed by atoms with E-state index in [-0.39, 0.29) is 22.2 Å². The topological polar surface area (TPSA) is 220 Å². The second-order valence-electron chi connectivity index (χ2n) is 23.4. The van der Waals surface area contributed by atoms with Crippen molar-refractivity contribution in [1.82, 2.24) is 64.6 Å². The van der Waals surface area contributed by atoms with Gasteiger partial charge >= 0.3 is 0 Å². The van der Waals surface area contributed by atoms with E-state index in [1.54, 1.807) is 33.7 Å². The number of H-pyrrole nitrogens is 1. The number of para-hydroxylation sites is 2. The number of pyridine rings is 3. The van der Waals surface area contributed by atoms with Crippen molar-refractivity contribution in [2.24, 2.45) is 0 Å². The van der Waals surface area contributed by atoms with E-state index in [1.807, 2.05) is 145 Å². The van der Waals surface area contributed by atoms with Gasteiger partial charge in [0.15, 0.2) is 0 Å². The number of nitrogens with one attached hydrogen (secondary N) is 2. The van der Waals surface area contributed by atoms with E-state index in [9.17, 15) is 0 Å². The molecule has 11 rings (SSSR count). The summed E-state index contributed by atoms with van der Waals surface area (Å²) >= 11 is 11.9. The molecule has 0 spiro atoms. The van der Waals surface area contributed by atoms with Crippen molar-refractivity contribution < 1.29 is 14.2 Å². The molecule has 0 saturated carbocycles. The van der Waals surface area contributed by atoms with Gasteiger partial charge in [-0.1, -0.05) is 122 Å². The maximum absolute atomic E-state index is 6.25. The molecular formula is C67H79Cl2N15O3. The minimum absolute atomic E-state index is 0.00173. The molecule has 0 aliphatic carbocycles. The van der Waals surface area contributed by atoms with Crippen LogP contribution >= 0.6 is 23.2 Å². The number of methoxy groups -OCH3 is 3. The number of hydrogen-bond acceptors (Lipinski definition) is 15. The number of ether oxygens (including phenoxy) is 3. The first-order chi connectivity index (χ1) is 41.4. The first kappa shape index (κ1) is 65.5. The van der Waals surface area contributed by atoms with Crippen molar-refractivity contribution in [1.29, 1.82) is 0 Å². The van der Waals surface area contributed by atoms with Crippen LogP contribution in [-0.4, -0.2) is 86.0 Å². The highest BCUT2D eigenvalue weighted by molar-refractivity contribution is 6.34. The number of fused-ring (bicyclic) bond motifs is 2. The van der Waals surface area contributed by atoms with Crippen LogP contribution < -0.4 is 25.3 Å². The minimum Gasteiger partial charge on any atom is -0.497 e. The number of nitrogens with zero attached hydrogens (tertiary/aromatic N) is 12. The maximum atomic E-state index is 6.25. The monoisotopic (exact) mass is 1210 g/mol. The minimum atomic E-state index is 0.00173. The summed E-state index contributed by atoms with van der Waals surface area (Å²) in [6, 6.07) is 41.3. The van der Waals surface area contributed by atoms with E-state index >= 15 is 0 Å². The van der Waals surface area contributed by atoms with Crippen molar-refractivity contribution in [2.45, 2.75) is 118 Å². The number of aromatic nitrogens is 13. The molecule has 8 heterocycles. The van der Waals surface area contributed by atoms with Crippen LogP contribution in [0.25, 0.3) is 33.1 Å². The number of aromatic amines is 1. The van der Waals surface area contributed by atoms with Gasteiger partial charge in [-0.3, -0.25) is 29.4 Å². The lowest BCUT2D eigenvalue weighted by Gasteiger charge is -2.18. The molecule has 18 nitrogen and oxygen atoms in total. The van der Waals surface area contributed by atoms with Gasteiger partial charge in [0.25, 0.3) is 0 Å². The van der Waals surface area contributed by atoms with E-state index in [2.05, 4.69) is 136 Å². The molecule has 0 unspecified atom stereocenters. The molecule has 4 N–H and O–H groups in total. The van der Waals surface area contributed by atoms with Crippen LogP contribution in [0.2, 0.25) is 5.15 Å². The van der Waals surface area contributed by atoms with Gasteiger partial charge in [-0.15, -0.1) is 11.6 Å². The molecule has 20 heteroatoms. The van der Waals surface area contributed by atoms with Gasteiger partial charge in [0.1, 0.15) is 33.4 Å². The number of benzene rings is 3. The smallest absolute Gasteiger partial charge is 0.225 e. The molecule has 0 amide bonds. The van der Waals surface area contributed by atoms with E-state index in [0.29, 0.717) is 52.6 Å². The molecule has 11 aromatic rings. The molecule has 0 aliphatic rings. The molecule has 87 heavy (non-hydrogen) atoms. The van der Waals surface area contributed by atoms with Crippen LogP contribution in [0, 0.1) is 13.8 Å². The Balaban J connectivity index is 0.000000167. The van der Waals surface area contributed by atoms with Gasteiger partial charge < -0.3 is 25.3 Å². The number of nitrogens with two attached hydrogens (primary N) is 1. The highest BCUT2D eigenvalue weighted by atomic mass is 35.5. The van der Waals surface area contributed by atoms with E-state index in [1.165, 1.54) is 0 Å². The number of alkyl halides is 1. The molecule has 8 aromatic heterocycles. The number of halogens is 2. The highest BCUT2D eigenvalue weighted by Gasteiger charge is 2.19. The second-order valence-corrected chi connectivity index (χ2v) is 24.1. The second kappa shape index (κ2) is 29.9. The van der Waals surface area contributed by atoms with E-state index in [0.717, 1.165) is 85.4 Å². The van der Waals surface area contributed by atoms with Gasteiger partial charge in [0.2, 0.25) is 11.9 Å². The Bertz CT molecular complexity index is 3960. The zero-order chi connectivity index (χ0) is 62.9. The van der Waals surface area contributed by atoms with E-state index < -0.39 is 0 Å². The summed E-state index contributed by atoms with van der Waals surface area (Å²) in [5.41, 5.74) is 18.6. The first-order valence-corrected chi connectivity index (χ1v) is 29.3. The van der Waals surface area contributed by atoms with Crippen LogP contribution in [-0.2, 0) is 41.8 Å². The first-order valence-electron chi connectivity index (χ1n) is 28.4. The SMILES string of the molecule is CC(C)(C)c1cccc(CCl)n1.COc1ccc(CNc2nc(Cl)c3cccc(OC)c3n2)cc1.COc1cccc2c(-c3cnn(Cc4cccc(C(C)(C)C)n4)c3)nc(N)nc12.Cc1ccn(Cc2cccc(C(C)(C)C)n2)n1.Cc1ccn[nH]1. The summed E-state index contributed by atoms with van der Waals surface area (Å²) in [6.45, 7) is 25.3. The lowest BCUT2D eigenvalue weighted by Crippen LogP contribution is -2.15. The van der Waals surface area contributed by atoms with Gasteiger partial charge in [-0.2, -0.15) is 15.3 Å². The lowest BCUT2D eigenvalue weighted by molar-refractivity contribution is 0.414. The average molecular weight is 1210 g/mol. The summed E-state index contributed by atoms with van der Waals surface area (Å²) in [5, 5.41) is 20.5. The normalized spacial score (nSPS) is 11.2.